The summed E-state index contributed by atoms with van der Waals surface area (Å²) in [6, 6.07) is 4.62. The van der Waals surface area contributed by atoms with Crippen molar-refractivity contribution in [2.75, 3.05) is 32.1 Å². The van der Waals surface area contributed by atoms with Crippen molar-refractivity contribution in [1.29, 1.82) is 0 Å². The minimum absolute atomic E-state index is 0. The zero-order valence-electron chi connectivity index (χ0n) is 16.3. The smallest absolute Gasteiger partial charge is 0.270 e. The van der Waals surface area contributed by atoms with E-state index in [2.05, 4.69) is 20.3 Å². The molecule has 1 unspecified atom stereocenters. The molecule has 1 aromatic carbocycles. The standard InChI is InChI=1S/C15H25N5O6S2.HI/c1-12(7-10-27(3,23)24)19-15(16-2)17-8-9-18-28(25,26)14-6-4-5-13(11-14)20(21)22;/h4-6,11-12,18H,7-10H2,1-3H3,(H2,16,17,19);1H. The molecule has 0 aliphatic heterocycles. The van der Waals surface area contributed by atoms with Gasteiger partial charge in [-0.25, -0.2) is 21.6 Å². The van der Waals surface area contributed by atoms with E-state index in [0.29, 0.717) is 12.4 Å². The molecule has 0 amide bonds. The molecule has 0 heterocycles. The maximum atomic E-state index is 12.2. The summed E-state index contributed by atoms with van der Waals surface area (Å²) < 4.78 is 49.2. The fraction of sp³-hybridized carbons (Fsp3) is 0.533. The van der Waals surface area contributed by atoms with Crippen molar-refractivity contribution in [3.63, 3.8) is 0 Å². The van der Waals surface area contributed by atoms with Crippen molar-refractivity contribution < 1.29 is 21.8 Å². The van der Waals surface area contributed by atoms with Crippen molar-refractivity contribution in [3.8, 4) is 0 Å². The summed E-state index contributed by atoms with van der Waals surface area (Å²) in [6.45, 7) is 2.03. The first-order valence-electron chi connectivity index (χ1n) is 8.33. The molecule has 1 rings (SSSR count). The Kier molecular flexibility index (Phi) is 11.6. The average Bonchev–Trinajstić information content (AvgIpc) is 2.62. The number of hydrogen-bond donors (Lipinski definition) is 3. The number of halogens is 1. The van der Waals surface area contributed by atoms with E-state index in [1.54, 1.807) is 0 Å². The molecule has 0 radical (unpaired) electrons. The van der Waals surface area contributed by atoms with Crippen molar-refractivity contribution in [2.45, 2.75) is 24.3 Å². The molecular weight excluding hydrogens is 537 g/mol. The third-order valence-electron chi connectivity index (χ3n) is 3.58. The second-order valence-electron chi connectivity index (χ2n) is 6.12. The molecule has 0 bridgehead atoms. The van der Waals surface area contributed by atoms with Crippen LogP contribution in [0.25, 0.3) is 0 Å². The fourth-order valence-electron chi connectivity index (χ4n) is 2.10. The van der Waals surface area contributed by atoms with Crippen LogP contribution in [0.5, 0.6) is 0 Å². The predicted molar refractivity (Wildman–Crippen MR) is 122 cm³/mol. The topological polar surface area (TPSA) is 160 Å². The van der Waals surface area contributed by atoms with E-state index in [4.69, 9.17) is 0 Å². The van der Waals surface area contributed by atoms with Gasteiger partial charge in [0.15, 0.2) is 5.96 Å². The Hall–Kier alpha value is -1.52. The highest BCUT2D eigenvalue weighted by Gasteiger charge is 2.17. The molecule has 0 saturated carbocycles. The van der Waals surface area contributed by atoms with Gasteiger partial charge >= 0.3 is 0 Å². The molecule has 0 spiro atoms. The number of non-ortho nitro benzene ring substituents is 1. The van der Waals surface area contributed by atoms with Crippen LogP contribution >= 0.6 is 24.0 Å². The Labute approximate surface area is 187 Å². The number of sulfone groups is 1. The SMILES string of the molecule is CN=C(NCCNS(=O)(=O)c1cccc([N+](=O)[O-])c1)NC(C)CCS(C)(=O)=O.I. The number of nitro groups is 1. The van der Waals surface area contributed by atoms with Crippen LogP contribution in [-0.4, -0.2) is 65.9 Å². The molecule has 1 aromatic rings. The van der Waals surface area contributed by atoms with Crippen LogP contribution in [0.4, 0.5) is 5.69 Å². The summed E-state index contributed by atoms with van der Waals surface area (Å²) in [7, 11) is -5.41. The maximum Gasteiger partial charge on any atom is 0.270 e. The molecule has 0 aliphatic carbocycles. The number of nitrogens with one attached hydrogen (secondary N) is 3. The summed E-state index contributed by atoms with van der Waals surface area (Å²) in [5.74, 6) is 0.441. The Balaban J connectivity index is 0.00000784. The first-order chi connectivity index (χ1) is 12.9. The monoisotopic (exact) mass is 563 g/mol. The van der Waals surface area contributed by atoms with Crippen LogP contribution in [0.15, 0.2) is 34.2 Å². The van der Waals surface area contributed by atoms with Gasteiger partial charge in [0.25, 0.3) is 5.69 Å². The number of sulfonamides is 1. The van der Waals surface area contributed by atoms with E-state index in [-0.39, 0.29) is 59.4 Å². The van der Waals surface area contributed by atoms with Gasteiger partial charge in [-0.15, -0.1) is 24.0 Å². The first-order valence-corrected chi connectivity index (χ1v) is 11.9. The lowest BCUT2D eigenvalue weighted by molar-refractivity contribution is -0.385. The van der Waals surface area contributed by atoms with E-state index in [1.165, 1.54) is 31.5 Å². The highest BCUT2D eigenvalue weighted by molar-refractivity contribution is 14.0. The lowest BCUT2D eigenvalue weighted by Gasteiger charge is -2.17. The normalized spacial score (nSPS) is 13.3. The molecule has 29 heavy (non-hydrogen) atoms. The summed E-state index contributed by atoms with van der Waals surface area (Å²) in [5, 5.41) is 16.7. The van der Waals surface area contributed by atoms with E-state index in [0.717, 1.165) is 6.07 Å². The van der Waals surface area contributed by atoms with Gasteiger partial charge in [0.2, 0.25) is 10.0 Å². The van der Waals surface area contributed by atoms with Gasteiger partial charge < -0.3 is 10.6 Å². The zero-order valence-corrected chi connectivity index (χ0v) is 20.2. The highest BCUT2D eigenvalue weighted by Crippen LogP contribution is 2.16. The molecule has 0 saturated heterocycles. The molecule has 0 fully saturated rings. The summed E-state index contributed by atoms with van der Waals surface area (Å²) in [6.07, 6.45) is 1.57. The number of benzene rings is 1. The maximum absolute atomic E-state index is 12.2. The first kappa shape index (κ1) is 27.5. The van der Waals surface area contributed by atoms with E-state index < -0.39 is 24.8 Å². The van der Waals surface area contributed by atoms with Crippen LogP contribution in [0, 0.1) is 10.1 Å². The van der Waals surface area contributed by atoms with Crippen LogP contribution in [-0.2, 0) is 19.9 Å². The molecule has 11 nitrogen and oxygen atoms in total. The lowest BCUT2D eigenvalue weighted by atomic mass is 10.3. The fourth-order valence-corrected chi connectivity index (χ4v) is 3.96. The minimum atomic E-state index is -3.89. The van der Waals surface area contributed by atoms with E-state index in [1.807, 2.05) is 6.92 Å². The van der Waals surface area contributed by atoms with E-state index >= 15 is 0 Å². The number of nitro benzene ring substituents is 1. The van der Waals surface area contributed by atoms with Crippen LogP contribution in [0.3, 0.4) is 0 Å². The molecule has 14 heteroatoms. The van der Waals surface area contributed by atoms with Gasteiger partial charge in [-0.3, -0.25) is 15.1 Å². The molecule has 0 aromatic heterocycles. The van der Waals surface area contributed by atoms with Gasteiger partial charge in [-0.05, 0) is 19.4 Å². The third-order valence-corrected chi connectivity index (χ3v) is 6.01. The second kappa shape index (κ2) is 12.2. The Morgan fingerprint density at radius 1 is 1.24 bits per heavy atom. The number of nitrogens with zero attached hydrogens (tertiary/aromatic N) is 2. The molecule has 1 atom stereocenters. The highest BCUT2D eigenvalue weighted by atomic mass is 127. The van der Waals surface area contributed by atoms with Crippen molar-refractivity contribution in [2.24, 2.45) is 4.99 Å². The van der Waals surface area contributed by atoms with Gasteiger partial charge in [0.1, 0.15) is 9.84 Å². The van der Waals surface area contributed by atoms with Gasteiger partial charge in [-0.1, -0.05) is 6.07 Å². The number of aliphatic imine (C=N–C) groups is 1. The predicted octanol–water partition coefficient (Wildman–Crippen LogP) is 0.479. The molecule has 3 N–H and O–H groups in total. The average molecular weight is 563 g/mol. The summed E-state index contributed by atoms with van der Waals surface area (Å²) >= 11 is 0. The second-order valence-corrected chi connectivity index (χ2v) is 10.1. The van der Waals surface area contributed by atoms with Gasteiger partial charge in [0.05, 0.1) is 15.6 Å². The van der Waals surface area contributed by atoms with Crippen LogP contribution in [0.2, 0.25) is 0 Å². The number of guanidine groups is 1. The lowest BCUT2D eigenvalue weighted by Crippen LogP contribution is -2.45. The zero-order chi connectivity index (χ0) is 21.4. The number of hydrogen-bond acceptors (Lipinski definition) is 7. The minimum Gasteiger partial charge on any atom is -0.355 e. The van der Waals surface area contributed by atoms with Crippen molar-refractivity contribution >= 4 is 55.5 Å². The Morgan fingerprint density at radius 3 is 2.45 bits per heavy atom. The molecule has 0 aliphatic rings. The quantitative estimate of drug-likeness (QED) is 0.0926. The third kappa shape index (κ3) is 10.7. The van der Waals surface area contributed by atoms with E-state index in [9.17, 15) is 26.9 Å². The van der Waals surface area contributed by atoms with Gasteiger partial charge in [-0.2, -0.15) is 0 Å². The largest absolute Gasteiger partial charge is 0.355 e. The Morgan fingerprint density at radius 2 is 1.90 bits per heavy atom. The summed E-state index contributed by atoms with van der Waals surface area (Å²) in [4.78, 5) is 13.9. The molecule has 166 valence electrons. The summed E-state index contributed by atoms with van der Waals surface area (Å²) in [5.41, 5.74) is -0.311. The van der Waals surface area contributed by atoms with Gasteiger partial charge in [0, 0.05) is 44.6 Å². The molecular formula is C15H26IN5O6S2. The number of rotatable bonds is 10. The Bertz CT molecular complexity index is 921. The van der Waals surface area contributed by atoms with Crippen LogP contribution < -0.4 is 15.4 Å². The van der Waals surface area contributed by atoms with Crippen molar-refractivity contribution in [3.05, 3.63) is 34.4 Å². The van der Waals surface area contributed by atoms with Crippen molar-refractivity contribution in [1.82, 2.24) is 15.4 Å². The van der Waals surface area contributed by atoms with Crippen LogP contribution in [0.1, 0.15) is 13.3 Å².